The molecule has 35 heavy (non-hydrogen) atoms. The molecule has 0 radical (unpaired) electrons. The highest BCUT2D eigenvalue weighted by Crippen LogP contribution is 2.40. The molecule has 10 heteroatoms. The number of carbonyl (C=O) groups is 1. The quantitative estimate of drug-likeness (QED) is 0.508. The van der Waals surface area contributed by atoms with Crippen LogP contribution < -0.4 is 9.47 Å². The Morgan fingerprint density at radius 3 is 2.74 bits per heavy atom. The second-order valence-electron chi connectivity index (χ2n) is 8.34. The largest absolute Gasteiger partial charge is 0.481 e. The van der Waals surface area contributed by atoms with Gasteiger partial charge in [-0.15, -0.1) is 0 Å². The van der Waals surface area contributed by atoms with Crippen LogP contribution in [-0.2, 0) is 11.2 Å². The zero-order valence-corrected chi connectivity index (χ0v) is 19.5. The smallest absolute Gasteiger partial charge is 0.309 e. The molecule has 0 aliphatic carbocycles. The van der Waals surface area contributed by atoms with Gasteiger partial charge in [-0.25, -0.2) is 18.7 Å². The number of halogens is 2. The van der Waals surface area contributed by atoms with Gasteiger partial charge in [0.15, 0.2) is 17.4 Å². The summed E-state index contributed by atoms with van der Waals surface area (Å²) in [5.41, 5.74) is 1.92. The Hall–Kier alpha value is -3.66. The maximum atomic E-state index is 15.3. The first-order valence-electron chi connectivity index (χ1n) is 11.2. The summed E-state index contributed by atoms with van der Waals surface area (Å²) in [6.07, 6.45) is 1.32. The van der Waals surface area contributed by atoms with E-state index in [2.05, 4.69) is 15.0 Å². The molecule has 4 rings (SSSR count). The number of aliphatic hydroxyl groups excluding tert-OH is 1. The molecule has 0 bridgehead atoms. The molecule has 8 nitrogen and oxygen atoms in total. The predicted molar refractivity (Wildman–Crippen MR) is 121 cm³/mol. The van der Waals surface area contributed by atoms with E-state index >= 15 is 4.39 Å². The second-order valence-corrected chi connectivity index (χ2v) is 8.34. The van der Waals surface area contributed by atoms with E-state index in [-0.39, 0.29) is 22.8 Å². The molecule has 1 aromatic carbocycles. The maximum absolute atomic E-state index is 15.3. The molecule has 3 aromatic rings. The van der Waals surface area contributed by atoms with Gasteiger partial charge in [0.05, 0.1) is 42.4 Å². The number of aliphatic carboxylic acids is 1. The fraction of sp³-hybridized carbons (Fsp3) is 0.360. The number of nitrogens with zero attached hydrogens (tertiary/aromatic N) is 3. The van der Waals surface area contributed by atoms with Crippen molar-refractivity contribution in [1.82, 2.24) is 15.0 Å². The Labute approximate surface area is 200 Å². The number of ether oxygens (including phenoxy) is 2. The minimum Gasteiger partial charge on any atom is -0.481 e. The summed E-state index contributed by atoms with van der Waals surface area (Å²) in [7, 11) is 0. The molecule has 184 valence electrons. The lowest BCUT2D eigenvalue weighted by Crippen LogP contribution is -2.22. The van der Waals surface area contributed by atoms with Gasteiger partial charge in [0, 0.05) is 17.2 Å². The molecule has 0 saturated heterocycles. The number of pyridine rings is 1. The van der Waals surface area contributed by atoms with Crippen LogP contribution in [0, 0.1) is 24.5 Å². The number of carboxylic acids is 1. The number of carboxylic acid groups (broad SMARTS) is 1. The first-order chi connectivity index (χ1) is 16.7. The lowest BCUT2D eigenvalue weighted by Gasteiger charge is -2.28. The molecule has 1 unspecified atom stereocenters. The van der Waals surface area contributed by atoms with Crippen LogP contribution in [0.15, 0.2) is 30.6 Å². The van der Waals surface area contributed by atoms with Crippen molar-refractivity contribution in [2.45, 2.75) is 45.8 Å². The lowest BCUT2D eigenvalue weighted by molar-refractivity contribution is -0.145. The number of fused-ring (bicyclic) bond motifs is 1. The highest BCUT2D eigenvalue weighted by Gasteiger charge is 2.32. The monoisotopic (exact) mass is 485 g/mol. The summed E-state index contributed by atoms with van der Waals surface area (Å²) in [5, 5.41) is 19.5. The van der Waals surface area contributed by atoms with Crippen LogP contribution in [0.4, 0.5) is 8.78 Å². The predicted octanol–water partition coefficient (Wildman–Crippen LogP) is 4.34. The van der Waals surface area contributed by atoms with Crippen LogP contribution in [0.3, 0.4) is 0 Å². The van der Waals surface area contributed by atoms with Gasteiger partial charge in [-0.05, 0) is 39.2 Å². The Kier molecular flexibility index (Phi) is 6.93. The van der Waals surface area contributed by atoms with Gasteiger partial charge in [-0.3, -0.25) is 9.78 Å². The minimum atomic E-state index is -1.53. The maximum Gasteiger partial charge on any atom is 0.309 e. The third-order valence-corrected chi connectivity index (χ3v) is 6.01. The second kappa shape index (κ2) is 9.91. The number of benzene rings is 1. The number of hydrogen-bond acceptors (Lipinski definition) is 7. The minimum absolute atomic E-state index is 0.0396. The molecule has 1 aliphatic rings. The third kappa shape index (κ3) is 4.79. The zero-order chi connectivity index (χ0) is 25.3. The van der Waals surface area contributed by atoms with E-state index in [0.29, 0.717) is 42.1 Å². The van der Waals surface area contributed by atoms with Crippen molar-refractivity contribution in [3.05, 3.63) is 64.7 Å². The van der Waals surface area contributed by atoms with Gasteiger partial charge in [0.1, 0.15) is 11.8 Å². The van der Waals surface area contributed by atoms with Gasteiger partial charge in [-0.1, -0.05) is 12.1 Å². The summed E-state index contributed by atoms with van der Waals surface area (Å²) < 4.78 is 40.9. The number of aliphatic hydroxyl groups is 1. The lowest BCUT2D eigenvalue weighted by atomic mass is 9.92. The summed E-state index contributed by atoms with van der Waals surface area (Å²) in [6.45, 7) is 5.19. The van der Waals surface area contributed by atoms with Crippen molar-refractivity contribution in [3.8, 4) is 22.9 Å². The first kappa shape index (κ1) is 24.5. The number of aromatic nitrogens is 3. The number of rotatable bonds is 7. The van der Waals surface area contributed by atoms with Gasteiger partial charge >= 0.3 is 5.97 Å². The molecule has 3 heterocycles. The van der Waals surface area contributed by atoms with Crippen LogP contribution in [0.1, 0.15) is 55.0 Å². The zero-order valence-electron chi connectivity index (χ0n) is 19.5. The topological polar surface area (TPSA) is 115 Å². The van der Waals surface area contributed by atoms with E-state index in [1.165, 1.54) is 25.3 Å². The van der Waals surface area contributed by atoms with Crippen LogP contribution in [-0.4, -0.2) is 37.7 Å². The van der Waals surface area contributed by atoms with Crippen LogP contribution >= 0.6 is 0 Å². The SMILES string of the molecule is CCOc1cc(-c2cnc(C3CCc4ccc([C@H](O)[C@H](C)C(=O)O)c(F)c4O3)c(C)n2)c(F)cn1. The summed E-state index contributed by atoms with van der Waals surface area (Å²) in [4.78, 5) is 24.0. The summed E-state index contributed by atoms with van der Waals surface area (Å²) in [5.74, 6) is -3.57. The van der Waals surface area contributed by atoms with Crippen molar-refractivity contribution in [1.29, 1.82) is 0 Å². The van der Waals surface area contributed by atoms with Crippen molar-refractivity contribution in [3.63, 3.8) is 0 Å². The number of aryl methyl sites for hydroxylation is 2. The van der Waals surface area contributed by atoms with Crippen molar-refractivity contribution >= 4 is 5.97 Å². The molecule has 2 N–H and O–H groups in total. The fourth-order valence-electron chi connectivity index (χ4n) is 4.03. The Balaban J connectivity index is 1.63. The van der Waals surface area contributed by atoms with Crippen molar-refractivity contribution in [2.24, 2.45) is 5.92 Å². The van der Waals surface area contributed by atoms with E-state index in [0.717, 1.165) is 6.20 Å². The van der Waals surface area contributed by atoms with E-state index in [1.807, 2.05) is 0 Å². The normalized spacial score (nSPS) is 16.7. The van der Waals surface area contributed by atoms with E-state index in [4.69, 9.17) is 14.6 Å². The van der Waals surface area contributed by atoms with E-state index in [9.17, 15) is 14.3 Å². The van der Waals surface area contributed by atoms with E-state index < -0.39 is 35.7 Å². The average molecular weight is 485 g/mol. The van der Waals surface area contributed by atoms with Crippen molar-refractivity contribution in [2.75, 3.05) is 6.61 Å². The molecule has 0 fully saturated rings. The van der Waals surface area contributed by atoms with Crippen LogP contribution in [0.25, 0.3) is 11.3 Å². The Bertz CT molecular complexity index is 1270. The highest BCUT2D eigenvalue weighted by molar-refractivity contribution is 5.70. The number of hydrogen-bond donors (Lipinski definition) is 2. The highest BCUT2D eigenvalue weighted by atomic mass is 19.1. The molecule has 0 spiro atoms. The molecular weight excluding hydrogens is 460 g/mol. The molecule has 1 aliphatic heterocycles. The van der Waals surface area contributed by atoms with Gasteiger partial charge < -0.3 is 19.7 Å². The Morgan fingerprint density at radius 2 is 2.06 bits per heavy atom. The van der Waals surface area contributed by atoms with Gasteiger partial charge in [0.25, 0.3) is 0 Å². The van der Waals surface area contributed by atoms with Crippen LogP contribution in [0.2, 0.25) is 0 Å². The third-order valence-electron chi connectivity index (χ3n) is 6.01. The molecule has 2 aromatic heterocycles. The van der Waals surface area contributed by atoms with Crippen LogP contribution in [0.5, 0.6) is 11.6 Å². The van der Waals surface area contributed by atoms with Crippen molar-refractivity contribution < 1.29 is 33.3 Å². The Morgan fingerprint density at radius 1 is 1.29 bits per heavy atom. The molecule has 0 saturated carbocycles. The first-order valence-corrected chi connectivity index (χ1v) is 11.2. The summed E-state index contributed by atoms with van der Waals surface area (Å²) >= 11 is 0. The summed E-state index contributed by atoms with van der Waals surface area (Å²) in [6, 6.07) is 4.47. The molecule has 0 amide bonds. The average Bonchev–Trinajstić information content (AvgIpc) is 2.84. The van der Waals surface area contributed by atoms with Gasteiger partial charge in [-0.2, -0.15) is 0 Å². The molecule has 3 atom stereocenters. The fourth-order valence-corrected chi connectivity index (χ4v) is 4.03. The van der Waals surface area contributed by atoms with E-state index in [1.54, 1.807) is 19.9 Å². The standard InChI is InChI=1S/C25H25F2N3O5/c1-4-34-20-9-16(17(26)10-28-20)18-11-29-22(13(3)30-18)19-8-6-14-5-7-15(21(27)24(14)35-19)23(31)12(2)25(32)33/h5,7,9-12,19,23,31H,4,6,8H2,1-3H3,(H,32,33)/t12-,19?,23+/m0/s1. The molecular formula is C25H25F2N3O5. The van der Waals surface area contributed by atoms with Gasteiger partial charge in [0.2, 0.25) is 5.88 Å².